The van der Waals surface area contributed by atoms with Gasteiger partial charge in [0.25, 0.3) is 0 Å². The highest BCUT2D eigenvalue weighted by atomic mass is 16.5. The number of benzene rings is 2. The molecule has 0 spiro atoms. The summed E-state index contributed by atoms with van der Waals surface area (Å²) in [7, 11) is 0. The summed E-state index contributed by atoms with van der Waals surface area (Å²) in [6.45, 7) is 0.614. The molecule has 0 saturated heterocycles. The minimum absolute atomic E-state index is 0.0666. The zero-order valence-electron chi connectivity index (χ0n) is 13.2. The summed E-state index contributed by atoms with van der Waals surface area (Å²) in [6, 6.07) is 14.9. The fourth-order valence-electron chi connectivity index (χ4n) is 2.96. The molecule has 0 aliphatic carbocycles. The Labute approximate surface area is 140 Å². The van der Waals surface area contributed by atoms with Gasteiger partial charge < -0.3 is 15.2 Å². The molecule has 1 atom stereocenters. The van der Waals surface area contributed by atoms with Crippen molar-refractivity contribution in [2.24, 2.45) is 0 Å². The van der Waals surface area contributed by atoms with E-state index in [4.69, 9.17) is 9.84 Å². The molecule has 1 aliphatic rings. The lowest BCUT2D eigenvalue weighted by molar-refractivity contribution is -0.136. The molecule has 1 heterocycles. The van der Waals surface area contributed by atoms with Crippen LogP contribution in [0.15, 0.2) is 48.5 Å². The van der Waals surface area contributed by atoms with Gasteiger partial charge in [0, 0.05) is 5.69 Å². The number of anilines is 1. The van der Waals surface area contributed by atoms with Crippen molar-refractivity contribution in [3.05, 3.63) is 65.2 Å². The molecule has 24 heavy (non-hydrogen) atoms. The van der Waals surface area contributed by atoms with Gasteiger partial charge in [-0.25, -0.2) is 0 Å². The third-order valence-electron chi connectivity index (χ3n) is 4.03. The van der Waals surface area contributed by atoms with Crippen molar-refractivity contribution < 1.29 is 19.4 Å². The van der Waals surface area contributed by atoms with Gasteiger partial charge in [0.15, 0.2) is 0 Å². The van der Waals surface area contributed by atoms with Crippen LogP contribution in [-0.2, 0) is 27.2 Å². The van der Waals surface area contributed by atoms with Crippen molar-refractivity contribution in [2.45, 2.75) is 25.4 Å². The first-order valence-electron chi connectivity index (χ1n) is 7.92. The first-order valence-corrected chi connectivity index (χ1v) is 7.92. The average molecular weight is 325 g/mol. The zero-order chi connectivity index (χ0) is 16.9. The van der Waals surface area contributed by atoms with Crippen LogP contribution in [0.3, 0.4) is 0 Å². The second kappa shape index (κ2) is 7.27. The maximum atomic E-state index is 12.3. The van der Waals surface area contributed by atoms with E-state index >= 15 is 0 Å². The van der Waals surface area contributed by atoms with E-state index < -0.39 is 5.97 Å². The monoisotopic (exact) mass is 325 g/mol. The van der Waals surface area contributed by atoms with Gasteiger partial charge in [0.2, 0.25) is 5.91 Å². The van der Waals surface area contributed by atoms with E-state index in [1.165, 1.54) is 5.56 Å². The highest BCUT2D eigenvalue weighted by Crippen LogP contribution is 2.29. The number of nitrogens with one attached hydrogen (secondary N) is 1. The van der Waals surface area contributed by atoms with Crippen molar-refractivity contribution in [3.8, 4) is 0 Å². The maximum absolute atomic E-state index is 12.3. The number of carboxylic acid groups (broad SMARTS) is 1. The Kier molecular flexibility index (Phi) is 4.91. The Morgan fingerprint density at radius 1 is 1.17 bits per heavy atom. The van der Waals surface area contributed by atoms with Crippen LogP contribution in [-0.4, -0.2) is 23.6 Å². The minimum Gasteiger partial charge on any atom is -0.481 e. The molecule has 0 aromatic heterocycles. The lowest BCUT2D eigenvalue weighted by atomic mass is 9.95. The number of fused-ring (bicyclic) bond motifs is 1. The second-order valence-corrected chi connectivity index (χ2v) is 5.83. The van der Waals surface area contributed by atoms with E-state index in [0.717, 1.165) is 12.0 Å². The summed E-state index contributed by atoms with van der Waals surface area (Å²) in [5, 5.41) is 11.7. The van der Waals surface area contributed by atoms with Crippen molar-refractivity contribution in [1.29, 1.82) is 0 Å². The van der Waals surface area contributed by atoms with Crippen LogP contribution in [0.2, 0.25) is 0 Å². The Bertz CT molecular complexity index is 757. The third kappa shape index (κ3) is 4.00. The molecule has 0 radical (unpaired) electrons. The Balaban J connectivity index is 1.65. The number of amides is 1. The van der Waals surface area contributed by atoms with Gasteiger partial charge in [0.1, 0.15) is 0 Å². The SMILES string of the molecule is O=C(O)Cc1cccc(NC(=O)CC2OCCc3ccccc32)c1. The number of carbonyl (C=O) groups is 2. The second-order valence-electron chi connectivity index (χ2n) is 5.83. The van der Waals surface area contributed by atoms with Crippen molar-refractivity contribution in [1.82, 2.24) is 0 Å². The van der Waals surface area contributed by atoms with E-state index in [9.17, 15) is 9.59 Å². The number of rotatable bonds is 5. The highest BCUT2D eigenvalue weighted by molar-refractivity contribution is 5.91. The molecule has 124 valence electrons. The smallest absolute Gasteiger partial charge is 0.307 e. The molecule has 0 saturated carbocycles. The van der Waals surface area contributed by atoms with E-state index in [1.807, 2.05) is 18.2 Å². The van der Waals surface area contributed by atoms with Gasteiger partial charge >= 0.3 is 5.97 Å². The summed E-state index contributed by atoms with van der Waals surface area (Å²) in [5.41, 5.74) is 3.55. The van der Waals surface area contributed by atoms with Crippen LogP contribution >= 0.6 is 0 Å². The fraction of sp³-hybridized carbons (Fsp3) is 0.263. The minimum atomic E-state index is -0.898. The fourth-order valence-corrected chi connectivity index (χ4v) is 2.96. The van der Waals surface area contributed by atoms with Crippen LogP contribution in [0.1, 0.15) is 29.2 Å². The molecule has 1 amide bonds. The number of aliphatic carboxylic acids is 1. The summed E-state index contributed by atoms with van der Waals surface area (Å²) < 4.78 is 5.75. The molecule has 2 aromatic rings. The van der Waals surface area contributed by atoms with Crippen LogP contribution in [0.25, 0.3) is 0 Å². The van der Waals surface area contributed by atoms with Crippen LogP contribution < -0.4 is 5.32 Å². The van der Waals surface area contributed by atoms with Gasteiger partial charge in [-0.05, 0) is 35.2 Å². The molecular weight excluding hydrogens is 306 g/mol. The first-order chi connectivity index (χ1) is 11.6. The van der Waals surface area contributed by atoms with E-state index in [0.29, 0.717) is 17.9 Å². The molecule has 2 aromatic carbocycles. The highest BCUT2D eigenvalue weighted by Gasteiger charge is 2.23. The van der Waals surface area contributed by atoms with Crippen LogP contribution in [0, 0.1) is 0 Å². The number of hydrogen-bond donors (Lipinski definition) is 2. The van der Waals surface area contributed by atoms with Crippen molar-refractivity contribution in [3.63, 3.8) is 0 Å². The maximum Gasteiger partial charge on any atom is 0.307 e. The summed E-state index contributed by atoms with van der Waals surface area (Å²) in [4.78, 5) is 23.1. The van der Waals surface area contributed by atoms with E-state index in [-0.39, 0.29) is 24.9 Å². The number of ether oxygens (including phenoxy) is 1. The van der Waals surface area contributed by atoms with E-state index in [1.54, 1.807) is 24.3 Å². The predicted octanol–water partition coefficient (Wildman–Crippen LogP) is 2.96. The normalized spacial score (nSPS) is 16.2. The molecular formula is C19H19NO4. The lowest BCUT2D eigenvalue weighted by Gasteiger charge is -2.25. The van der Waals surface area contributed by atoms with Gasteiger partial charge in [-0.2, -0.15) is 0 Å². The Hall–Kier alpha value is -2.66. The Morgan fingerprint density at radius 3 is 2.83 bits per heavy atom. The van der Waals surface area contributed by atoms with Gasteiger partial charge in [-0.15, -0.1) is 0 Å². The number of hydrogen-bond acceptors (Lipinski definition) is 3. The largest absolute Gasteiger partial charge is 0.481 e. The standard InChI is InChI=1S/C19H19NO4/c21-18(20-15-6-3-4-13(10-15)11-19(22)23)12-17-16-7-2-1-5-14(16)8-9-24-17/h1-7,10,17H,8-9,11-12H2,(H,20,21)(H,22,23). The topological polar surface area (TPSA) is 75.6 Å². The van der Waals surface area contributed by atoms with Crippen molar-refractivity contribution in [2.75, 3.05) is 11.9 Å². The summed E-state index contributed by atoms with van der Waals surface area (Å²) >= 11 is 0. The first kappa shape index (κ1) is 16.2. The third-order valence-corrected chi connectivity index (χ3v) is 4.03. The van der Waals surface area contributed by atoms with E-state index in [2.05, 4.69) is 11.4 Å². The molecule has 5 heteroatoms. The van der Waals surface area contributed by atoms with Crippen molar-refractivity contribution >= 4 is 17.6 Å². The lowest BCUT2D eigenvalue weighted by Crippen LogP contribution is -2.22. The summed E-state index contributed by atoms with van der Waals surface area (Å²) in [6.07, 6.45) is 0.797. The number of carboxylic acids is 1. The molecule has 3 rings (SSSR count). The van der Waals surface area contributed by atoms with Crippen LogP contribution in [0.4, 0.5) is 5.69 Å². The average Bonchev–Trinajstić information content (AvgIpc) is 2.55. The molecule has 0 bridgehead atoms. The predicted molar refractivity (Wildman–Crippen MR) is 89.9 cm³/mol. The van der Waals surface area contributed by atoms with Crippen LogP contribution in [0.5, 0.6) is 0 Å². The summed E-state index contributed by atoms with van der Waals surface area (Å²) in [5.74, 6) is -1.05. The number of carbonyl (C=O) groups excluding carboxylic acids is 1. The zero-order valence-corrected chi connectivity index (χ0v) is 13.2. The Morgan fingerprint density at radius 2 is 2.00 bits per heavy atom. The quantitative estimate of drug-likeness (QED) is 0.886. The van der Waals surface area contributed by atoms with Gasteiger partial charge in [0.05, 0.1) is 25.6 Å². The van der Waals surface area contributed by atoms with Gasteiger partial charge in [-0.1, -0.05) is 36.4 Å². The molecule has 1 aliphatic heterocycles. The molecule has 0 fully saturated rings. The molecule has 1 unspecified atom stereocenters. The molecule has 5 nitrogen and oxygen atoms in total. The van der Waals surface area contributed by atoms with Gasteiger partial charge in [-0.3, -0.25) is 9.59 Å². The molecule has 2 N–H and O–H groups in total.